The molecule has 0 aliphatic carbocycles. The molecule has 1 aliphatic rings. The van der Waals surface area contributed by atoms with Crippen molar-refractivity contribution < 1.29 is 4.79 Å². The Morgan fingerprint density at radius 3 is 2.64 bits per heavy atom. The SMILES string of the molecule is O=C(/C=C/c1cccs1)N1CCN(Cc2ccncc2)CC1. The third kappa shape index (κ3) is 4.02. The maximum Gasteiger partial charge on any atom is 0.246 e. The van der Waals surface area contributed by atoms with Crippen molar-refractivity contribution >= 4 is 23.3 Å². The van der Waals surface area contributed by atoms with Gasteiger partial charge in [-0.1, -0.05) is 6.07 Å². The number of carbonyl (C=O) groups is 1. The Kier molecular flexibility index (Phi) is 4.98. The molecule has 0 unspecified atom stereocenters. The Bertz CT molecular complexity index is 617. The van der Waals surface area contributed by atoms with Crippen LogP contribution in [0.25, 0.3) is 6.08 Å². The molecular weight excluding hydrogens is 294 g/mol. The molecule has 0 spiro atoms. The smallest absolute Gasteiger partial charge is 0.246 e. The van der Waals surface area contributed by atoms with Crippen LogP contribution in [0.5, 0.6) is 0 Å². The summed E-state index contributed by atoms with van der Waals surface area (Å²) in [5.41, 5.74) is 1.27. The quantitative estimate of drug-likeness (QED) is 0.814. The number of aromatic nitrogens is 1. The predicted molar refractivity (Wildman–Crippen MR) is 89.4 cm³/mol. The standard InChI is InChI=1S/C17H19N3OS/c21-17(4-3-16-2-1-13-22-16)20-11-9-19(10-12-20)14-15-5-7-18-8-6-15/h1-8,13H,9-12,14H2/b4-3+. The summed E-state index contributed by atoms with van der Waals surface area (Å²) in [5, 5.41) is 2.02. The lowest BCUT2D eigenvalue weighted by Gasteiger charge is -2.34. The highest BCUT2D eigenvalue weighted by molar-refractivity contribution is 7.10. The van der Waals surface area contributed by atoms with Crippen molar-refractivity contribution in [2.24, 2.45) is 0 Å². The molecule has 22 heavy (non-hydrogen) atoms. The Morgan fingerprint density at radius 2 is 1.95 bits per heavy atom. The zero-order valence-corrected chi connectivity index (χ0v) is 13.2. The van der Waals surface area contributed by atoms with Crippen LogP contribution in [0, 0.1) is 0 Å². The number of carbonyl (C=O) groups excluding carboxylic acids is 1. The van der Waals surface area contributed by atoms with Gasteiger partial charge in [0.05, 0.1) is 0 Å². The molecule has 0 N–H and O–H groups in total. The van der Waals surface area contributed by atoms with Crippen LogP contribution in [0.4, 0.5) is 0 Å². The van der Waals surface area contributed by atoms with Gasteiger partial charge in [0.25, 0.3) is 0 Å². The monoisotopic (exact) mass is 313 g/mol. The van der Waals surface area contributed by atoms with Crippen molar-refractivity contribution in [1.82, 2.24) is 14.8 Å². The van der Waals surface area contributed by atoms with Crippen LogP contribution >= 0.6 is 11.3 Å². The third-order valence-electron chi connectivity index (χ3n) is 3.77. The van der Waals surface area contributed by atoms with Crippen molar-refractivity contribution in [3.05, 3.63) is 58.6 Å². The van der Waals surface area contributed by atoms with E-state index in [1.54, 1.807) is 17.4 Å². The maximum absolute atomic E-state index is 12.2. The molecule has 0 bridgehead atoms. The molecule has 2 aromatic heterocycles. The Balaban J connectivity index is 1.48. The van der Waals surface area contributed by atoms with E-state index >= 15 is 0 Å². The minimum atomic E-state index is 0.108. The van der Waals surface area contributed by atoms with Gasteiger partial charge >= 0.3 is 0 Å². The lowest BCUT2D eigenvalue weighted by molar-refractivity contribution is -0.127. The summed E-state index contributed by atoms with van der Waals surface area (Å²) >= 11 is 1.64. The number of pyridine rings is 1. The molecule has 4 nitrogen and oxygen atoms in total. The lowest BCUT2D eigenvalue weighted by Crippen LogP contribution is -2.47. The molecule has 0 radical (unpaired) electrons. The average Bonchev–Trinajstić information content (AvgIpc) is 3.08. The first-order chi connectivity index (χ1) is 10.8. The number of hydrogen-bond acceptors (Lipinski definition) is 4. The van der Waals surface area contributed by atoms with Crippen LogP contribution < -0.4 is 0 Å². The van der Waals surface area contributed by atoms with E-state index in [1.165, 1.54) is 5.56 Å². The fraction of sp³-hybridized carbons (Fsp3) is 0.294. The Morgan fingerprint density at radius 1 is 1.18 bits per heavy atom. The molecule has 1 aliphatic heterocycles. The highest BCUT2D eigenvalue weighted by atomic mass is 32.1. The summed E-state index contributed by atoms with van der Waals surface area (Å²) in [5.74, 6) is 0.108. The van der Waals surface area contributed by atoms with Gasteiger partial charge in [0.15, 0.2) is 0 Å². The summed E-state index contributed by atoms with van der Waals surface area (Å²) in [7, 11) is 0. The zero-order chi connectivity index (χ0) is 15.2. The zero-order valence-electron chi connectivity index (χ0n) is 12.4. The third-order valence-corrected chi connectivity index (χ3v) is 4.61. The second kappa shape index (κ2) is 7.33. The Hall–Kier alpha value is -1.98. The van der Waals surface area contributed by atoms with Crippen molar-refractivity contribution in [3.63, 3.8) is 0 Å². The van der Waals surface area contributed by atoms with E-state index in [1.807, 2.05) is 53.0 Å². The molecule has 3 rings (SSSR count). The van der Waals surface area contributed by atoms with Gasteiger partial charge in [-0.15, -0.1) is 11.3 Å². The van der Waals surface area contributed by atoms with Crippen LogP contribution in [0.1, 0.15) is 10.4 Å². The van der Waals surface area contributed by atoms with Crippen LogP contribution in [0.2, 0.25) is 0 Å². The fourth-order valence-corrected chi connectivity index (χ4v) is 3.14. The fourth-order valence-electron chi connectivity index (χ4n) is 2.52. The van der Waals surface area contributed by atoms with Gasteiger partial charge in [-0.05, 0) is 35.2 Å². The number of hydrogen-bond donors (Lipinski definition) is 0. The highest BCUT2D eigenvalue weighted by Gasteiger charge is 2.19. The normalized spacial score (nSPS) is 16.3. The number of amides is 1. The second-order valence-electron chi connectivity index (χ2n) is 5.31. The molecule has 0 aromatic carbocycles. The topological polar surface area (TPSA) is 36.4 Å². The largest absolute Gasteiger partial charge is 0.337 e. The molecular formula is C17H19N3OS. The maximum atomic E-state index is 12.2. The molecule has 114 valence electrons. The molecule has 1 amide bonds. The van der Waals surface area contributed by atoms with Crippen molar-refractivity contribution in [3.8, 4) is 0 Å². The van der Waals surface area contributed by atoms with Gasteiger partial charge in [-0.2, -0.15) is 0 Å². The number of thiophene rings is 1. The average molecular weight is 313 g/mol. The first-order valence-electron chi connectivity index (χ1n) is 7.43. The summed E-state index contributed by atoms with van der Waals surface area (Å²) in [6.45, 7) is 4.34. The molecule has 1 fully saturated rings. The second-order valence-corrected chi connectivity index (χ2v) is 6.28. The first-order valence-corrected chi connectivity index (χ1v) is 8.31. The van der Waals surface area contributed by atoms with Gasteiger partial charge in [0.2, 0.25) is 5.91 Å². The highest BCUT2D eigenvalue weighted by Crippen LogP contribution is 2.12. The van der Waals surface area contributed by atoms with E-state index in [0.29, 0.717) is 0 Å². The van der Waals surface area contributed by atoms with E-state index in [-0.39, 0.29) is 5.91 Å². The molecule has 0 atom stereocenters. The number of rotatable bonds is 4. The van der Waals surface area contributed by atoms with Crippen LogP contribution in [0.15, 0.2) is 48.1 Å². The van der Waals surface area contributed by atoms with Crippen LogP contribution in [0.3, 0.4) is 0 Å². The summed E-state index contributed by atoms with van der Waals surface area (Å²) in [6, 6.07) is 8.09. The first kappa shape index (κ1) is 14.9. The minimum absolute atomic E-state index is 0.108. The minimum Gasteiger partial charge on any atom is -0.337 e. The molecule has 2 aromatic rings. The van der Waals surface area contributed by atoms with E-state index < -0.39 is 0 Å². The van der Waals surface area contributed by atoms with E-state index in [4.69, 9.17) is 0 Å². The van der Waals surface area contributed by atoms with E-state index in [9.17, 15) is 4.79 Å². The van der Waals surface area contributed by atoms with E-state index in [0.717, 1.165) is 37.6 Å². The van der Waals surface area contributed by atoms with E-state index in [2.05, 4.69) is 9.88 Å². The summed E-state index contributed by atoms with van der Waals surface area (Å²) in [6.07, 6.45) is 7.23. The van der Waals surface area contributed by atoms with Crippen molar-refractivity contribution in [2.45, 2.75) is 6.54 Å². The van der Waals surface area contributed by atoms with Gasteiger partial charge in [-0.25, -0.2) is 0 Å². The van der Waals surface area contributed by atoms with Crippen LogP contribution in [-0.4, -0.2) is 46.9 Å². The molecule has 0 saturated carbocycles. The van der Waals surface area contributed by atoms with Gasteiger partial charge in [0, 0.05) is 56.1 Å². The molecule has 1 saturated heterocycles. The number of piperazine rings is 1. The van der Waals surface area contributed by atoms with Gasteiger partial charge in [0.1, 0.15) is 0 Å². The number of nitrogens with zero attached hydrogens (tertiary/aromatic N) is 3. The Labute approximate surface area is 134 Å². The van der Waals surface area contributed by atoms with Crippen molar-refractivity contribution in [2.75, 3.05) is 26.2 Å². The molecule has 5 heteroatoms. The molecule has 3 heterocycles. The predicted octanol–water partition coefficient (Wildman–Crippen LogP) is 2.50. The summed E-state index contributed by atoms with van der Waals surface area (Å²) < 4.78 is 0. The van der Waals surface area contributed by atoms with Gasteiger partial charge < -0.3 is 4.90 Å². The summed E-state index contributed by atoms with van der Waals surface area (Å²) in [4.78, 5) is 21.6. The van der Waals surface area contributed by atoms with Gasteiger partial charge in [-0.3, -0.25) is 14.7 Å². The van der Waals surface area contributed by atoms with Crippen molar-refractivity contribution in [1.29, 1.82) is 0 Å². The van der Waals surface area contributed by atoms with Crippen LogP contribution in [-0.2, 0) is 11.3 Å². The lowest BCUT2D eigenvalue weighted by atomic mass is 10.2.